The van der Waals surface area contributed by atoms with Gasteiger partial charge in [0.05, 0.1) is 17.2 Å². The third-order valence-corrected chi connectivity index (χ3v) is 6.73. The van der Waals surface area contributed by atoms with E-state index in [9.17, 15) is 4.79 Å². The van der Waals surface area contributed by atoms with Gasteiger partial charge in [-0.3, -0.25) is 4.79 Å². The number of carbonyl (C=O) groups is 1. The van der Waals surface area contributed by atoms with Crippen LogP contribution < -0.4 is 5.32 Å². The number of hydrogen-bond acceptors (Lipinski definition) is 4. The fourth-order valence-electron chi connectivity index (χ4n) is 3.82. The maximum Gasteiger partial charge on any atom is 0.252 e. The first-order valence-electron chi connectivity index (χ1n) is 9.29. The van der Waals surface area contributed by atoms with Crippen LogP contribution in [-0.2, 0) is 4.79 Å². The molecule has 138 valence electrons. The first kappa shape index (κ1) is 16.7. The van der Waals surface area contributed by atoms with Crippen molar-refractivity contribution in [1.29, 1.82) is 0 Å². The minimum absolute atomic E-state index is 0.0603. The van der Waals surface area contributed by atoms with E-state index in [4.69, 9.17) is 0 Å². The normalized spacial score (nSPS) is 23.6. The summed E-state index contributed by atoms with van der Waals surface area (Å²) in [4.78, 5) is 21.6. The number of hydrogen-bond donors (Lipinski definition) is 1. The molecule has 6 nitrogen and oxygen atoms in total. The van der Waals surface area contributed by atoms with Crippen molar-refractivity contribution in [2.24, 2.45) is 0 Å². The van der Waals surface area contributed by atoms with Gasteiger partial charge >= 0.3 is 0 Å². The molecule has 5 heterocycles. The molecule has 1 N–H and O–H groups in total. The molecular formula is C20H22N5OP. The Kier molecular flexibility index (Phi) is 4.10. The monoisotopic (exact) mass is 379 g/mol. The quantitative estimate of drug-likeness (QED) is 0.813. The molecule has 7 heteroatoms. The molecule has 0 aromatic carbocycles. The largest absolute Gasteiger partial charge is 0.368 e. The average Bonchev–Trinajstić information content (AvgIpc) is 3.07. The smallest absolute Gasteiger partial charge is 0.252 e. The molecule has 1 fully saturated rings. The molecule has 0 radical (unpaired) electrons. The van der Waals surface area contributed by atoms with E-state index in [1.54, 1.807) is 6.08 Å². The average molecular weight is 379 g/mol. The molecule has 0 aliphatic carbocycles. The molecule has 1 amide bonds. The van der Waals surface area contributed by atoms with Crippen LogP contribution in [0.5, 0.6) is 0 Å². The Morgan fingerprint density at radius 3 is 3.00 bits per heavy atom. The number of fused-ring (bicyclic) bond motifs is 2. The van der Waals surface area contributed by atoms with Gasteiger partial charge in [-0.2, -0.15) is 0 Å². The lowest BCUT2D eigenvalue weighted by atomic mass is 10.2. The lowest BCUT2D eigenvalue weighted by Crippen LogP contribution is -2.44. The SMILES string of the molecule is Cc1cn2ccc(C3=CC(=O)N4C=C(N5CCNCC5)C=CC4P3)cc2n1. The summed E-state index contributed by atoms with van der Waals surface area (Å²) in [6.45, 7) is 5.94. The van der Waals surface area contributed by atoms with Crippen molar-refractivity contribution in [3.05, 3.63) is 65.9 Å². The molecule has 3 aliphatic rings. The summed E-state index contributed by atoms with van der Waals surface area (Å²) in [6, 6.07) is 4.15. The van der Waals surface area contributed by atoms with Crippen molar-refractivity contribution in [3.63, 3.8) is 0 Å². The van der Waals surface area contributed by atoms with Crippen LogP contribution in [0.15, 0.2) is 54.7 Å². The van der Waals surface area contributed by atoms with Gasteiger partial charge in [-0.25, -0.2) is 4.98 Å². The van der Waals surface area contributed by atoms with E-state index in [2.05, 4.69) is 39.5 Å². The molecule has 27 heavy (non-hydrogen) atoms. The zero-order valence-corrected chi connectivity index (χ0v) is 16.2. The highest BCUT2D eigenvalue weighted by molar-refractivity contribution is 7.51. The van der Waals surface area contributed by atoms with Crippen LogP contribution in [0.25, 0.3) is 11.0 Å². The summed E-state index contributed by atoms with van der Waals surface area (Å²) in [7, 11) is 0.529. The molecule has 2 unspecified atom stereocenters. The predicted octanol–water partition coefficient (Wildman–Crippen LogP) is 2.15. The van der Waals surface area contributed by atoms with Gasteiger partial charge in [0, 0.05) is 50.8 Å². The van der Waals surface area contributed by atoms with Crippen molar-refractivity contribution < 1.29 is 4.79 Å². The molecule has 1 saturated heterocycles. The van der Waals surface area contributed by atoms with Crippen LogP contribution in [0, 0.1) is 6.92 Å². The first-order chi connectivity index (χ1) is 13.2. The van der Waals surface area contributed by atoms with E-state index in [0.717, 1.165) is 54.1 Å². The fraction of sp³-hybridized carbons (Fsp3) is 0.300. The Hall–Kier alpha value is -2.43. The van der Waals surface area contributed by atoms with Gasteiger partial charge in [0.25, 0.3) is 5.91 Å². The second-order valence-electron chi connectivity index (χ2n) is 7.11. The van der Waals surface area contributed by atoms with Crippen LogP contribution in [0.4, 0.5) is 0 Å². The summed E-state index contributed by atoms with van der Waals surface area (Å²) in [5.41, 5.74) is 4.14. The predicted molar refractivity (Wildman–Crippen MR) is 109 cm³/mol. The summed E-state index contributed by atoms with van der Waals surface area (Å²) < 4.78 is 2.02. The zero-order chi connectivity index (χ0) is 18.4. The van der Waals surface area contributed by atoms with Crippen LogP contribution in [0.3, 0.4) is 0 Å². The standard InChI is InChI=1S/C20H22N5OP/c1-14-12-24-7-4-15(10-18(24)22-14)17-11-19(26)25-13-16(2-3-20(25)27-17)23-8-5-21-6-9-23/h2-4,7,10-13,20-21,27H,5-6,8-9H2,1H3. The van der Waals surface area contributed by atoms with E-state index in [-0.39, 0.29) is 11.7 Å². The minimum atomic E-state index is 0.0603. The number of aryl methyl sites for hydroxylation is 1. The summed E-state index contributed by atoms with van der Waals surface area (Å²) >= 11 is 0. The number of nitrogens with one attached hydrogen (secondary N) is 1. The lowest BCUT2D eigenvalue weighted by molar-refractivity contribution is -0.123. The summed E-state index contributed by atoms with van der Waals surface area (Å²) in [5, 5.41) is 4.47. The number of carbonyl (C=O) groups excluding carboxylic acids is 1. The Morgan fingerprint density at radius 1 is 1.30 bits per heavy atom. The Labute approximate surface area is 160 Å². The van der Waals surface area contributed by atoms with Gasteiger partial charge in [0.15, 0.2) is 0 Å². The third-order valence-electron chi connectivity index (χ3n) is 5.22. The Morgan fingerprint density at radius 2 is 2.15 bits per heavy atom. The topological polar surface area (TPSA) is 52.9 Å². The maximum absolute atomic E-state index is 12.8. The van der Waals surface area contributed by atoms with Crippen LogP contribution in [-0.4, -0.2) is 57.1 Å². The van der Waals surface area contributed by atoms with Crippen LogP contribution >= 0.6 is 8.58 Å². The van der Waals surface area contributed by atoms with Gasteiger partial charge in [-0.1, -0.05) is 14.7 Å². The number of imidazole rings is 1. The van der Waals surface area contributed by atoms with Gasteiger partial charge in [-0.05, 0) is 36.0 Å². The molecule has 2 aromatic heterocycles. The fourth-order valence-corrected chi connectivity index (χ4v) is 5.20. The second-order valence-corrected chi connectivity index (χ2v) is 8.52. The minimum Gasteiger partial charge on any atom is -0.368 e. The highest BCUT2D eigenvalue weighted by Crippen LogP contribution is 2.44. The number of piperazine rings is 1. The number of pyridine rings is 1. The molecule has 3 aliphatic heterocycles. The molecule has 2 aromatic rings. The Bertz CT molecular complexity index is 999. The van der Waals surface area contributed by atoms with E-state index in [1.807, 2.05) is 34.8 Å². The third kappa shape index (κ3) is 3.09. The van der Waals surface area contributed by atoms with E-state index < -0.39 is 0 Å². The molecule has 2 atom stereocenters. The first-order valence-corrected chi connectivity index (χ1v) is 10.4. The van der Waals surface area contributed by atoms with Gasteiger partial charge in [0.2, 0.25) is 0 Å². The van der Waals surface area contributed by atoms with E-state index in [1.165, 1.54) is 0 Å². The van der Waals surface area contributed by atoms with E-state index >= 15 is 0 Å². The summed E-state index contributed by atoms with van der Waals surface area (Å²) in [5.74, 6) is 0.173. The van der Waals surface area contributed by atoms with Crippen molar-refractivity contribution in [3.8, 4) is 0 Å². The van der Waals surface area contributed by atoms with Crippen molar-refractivity contribution in [2.75, 3.05) is 26.2 Å². The number of aromatic nitrogens is 2. The van der Waals surface area contributed by atoms with Gasteiger partial charge in [0.1, 0.15) is 5.65 Å². The maximum atomic E-state index is 12.8. The number of amides is 1. The molecule has 0 saturated carbocycles. The van der Waals surface area contributed by atoms with E-state index in [0.29, 0.717) is 8.58 Å². The summed E-state index contributed by atoms with van der Waals surface area (Å²) in [6.07, 6.45) is 12.2. The zero-order valence-electron chi connectivity index (χ0n) is 15.2. The number of allylic oxidation sites excluding steroid dienone is 1. The number of rotatable bonds is 2. The molecular weight excluding hydrogens is 357 g/mol. The Balaban J connectivity index is 1.42. The van der Waals surface area contributed by atoms with Crippen LogP contribution in [0.1, 0.15) is 11.3 Å². The van der Waals surface area contributed by atoms with Gasteiger partial charge in [-0.15, -0.1) is 0 Å². The van der Waals surface area contributed by atoms with Crippen molar-refractivity contribution >= 4 is 25.4 Å². The molecule has 0 bridgehead atoms. The van der Waals surface area contributed by atoms with Crippen molar-refractivity contribution in [2.45, 2.75) is 12.7 Å². The molecule has 5 rings (SSSR count). The highest BCUT2D eigenvalue weighted by Gasteiger charge is 2.29. The number of nitrogens with zero attached hydrogens (tertiary/aromatic N) is 4. The molecule has 0 spiro atoms. The highest BCUT2D eigenvalue weighted by atomic mass is 31.1. The van der Waals surface area contributed by atoms with Crippen molar-refractivity contribution in [1.82, 2.24) is 24.5 Å². The lowest BCUT2D eigenvalue weighted by Gasteiger charge is -2.37. The van der Waals surface area contributed by atoms with Gasteiger partial charge < -0.3 is 19.5 Å². The van der Waals surface area contributed by atoms with Crippen LogP contribution in [0.2, 0.25) is 0 Å². The second kappa shape index (κ2) is 6.63.